The van der Waals surface area contributed by atoms with Gasteiger partial charge in [-0.3, -0.25) is 0 Å². The van der Waals surface area contributed by atoms with E-state index in [1.807, 2.05) is 12.1 Å². The first-order chi connectivity index (χ1) is 19.8. The molecule has 1 fully saturated rings. The molecule has 4 aromatic carbocycles. The molecule has 4 heterocycles. The van der Waals surface area contributed by atoms with Crippen molar-refractivity contribution in [1.29, 1.82) is 0 Å². The molecule has 1 saturated heterocycles. The van der Waals surface area contributed by atoms with E-state index in [0.717, 1.165) is 16.6 Å². The molecule has 200 valence electrons. The summed E-state index contributed by atoms with van der Waals surface area (Å²) < 4.78 is 15.9. The lowest BCUT2D eigenvalue weighted by Gasteiger charge is -2.36. The van der Waals surface area contributed by atoms with Crippen molar-refractivity contribution >= 4 is 62.3 Å². The van der Waals surface area contributed by atoms with Crippen LogP contribution in [0, 0.1) is 0 Å². The number of aromatic nitrogens is 2. The molecule has 0 radical (unpaired) electrons. The molecule has 1 aliphatic heterocycles. The number of hydrogen-bond donors (Lipinski definition) is 0. The molecule has 0 amide bonds. The third-order valence-electron chi connectivity index (χ3n) is 9.09. The van der Waals surface area contributed by atoms with Gasteiger partial charge in [0.05, 0.1) is 27.8 Å². The molecule has 3 aromatic heterocycles. The van der Waals surface area contributed by atoms with E-state index in [2.05, 4.69) is 115 Å². The summed E-state index contributed by atoms with van der Waals surface area (Å²) in [6, 6.07) is 34.3. The maximum atomic E-state index is 6.82. The van der Waals surface area contributed by atoms with Crippen LogP contribution >= 0.6 is 11.6 Å². The fraction of sp³-hybridized carbons (Fsp3) is 0.171. The predicted octanol–water partition coefficient (Wildman–Crippen LogP) is 8.07. The number of benzene rings is 4. The van der Waals surface area contributed by atoms with Crippen molar-refractivity contribution in [3.63, 3.8) is 0 Å². The molecular weight excluding hydrogens is 527 g/mol. The van der Waals surface area contributed by atoms with Gasteiger partial charge in [-0.25, -0.2) is 4.98 Å². The van der Waals surface area contributed by atoms with E-state index in [1.165, 1.54) is 43.7 Å². The van der Waals surface area contributed by atoms with Crippen LogP contribution in [0.25, 0.3) is 49.2 Å². The predicted molar refractivity (Wildman–Crippen MR) is 170 cm³/mol. The Bertz CT molecular complexity index is 2120. The van der Waals surface area contributed by atoms with Crippen molar-refractivity contribution in [3.8, 4) is 11.1 Å². The van der Waals surface area contributed by atoms with Gasteiger partial charge in [0, 0.05) is 34.2 Å². The quantitative estimate of drug-likeness (QED) is 0.163. The zero-order valence-corrected chi connectivity index (χ0v) is 23.9. The second-order valence-electron chi connectivity index (χ2n) is 11.9. The zero-order chi connectivity index (χ0) is 27.9. The number of hydrogen-bond acceptors (Lipinski definition) is 3. The first kappa shape index (κ1) is 24.9. The van der Waals surface area contributed by atoms with Crippen molar-refractivity contribution in [1.82, 2.24) is 9.38 Å². The average molecular weight is 555 g/mol. The number of halogens is 1. The van der Waals surface area contributed by atoms with Gasteiger partial charge in [-0.1, -0.05) is 84.4 Å². The van der Waals surface area contributed by atoms with Gasteiger partial charge in [0.2, 0.25) is 0 Å². The SMILES string of the molecule is CC1(C)OB(c2ccc3c(c2)c2cccc4c5ccccc5n3c42)OC1(C)Cc1cccc(-c2ccnc(Cl)c2)c1. The van der Waals surface area contributed by atoms with Gasteiger partial charge in [0.15, 0.2) is 0 Å². The van der Waals surface area contributed by atoms with Crippen LogP contribution in [0.4, 0.5) is 0 Å². The van der Waals surface area contributed by atoms with Crippen molar-refractivity contribution in [2.45, 2.75) is 38.4 Å². The van der Waals surface area contributed by atoms with E-state index in [4.69, 9.17) is 20.9 Å². The molecule has 1 unspecified atom stereocenters. The van der Waals surface area contributed by atoms with Crippen LogP contribution in [0.3, 0.4) is 0 Å². The maximum absolute atomic E-state index is 6.82. The standard InChI is InChI=1S/C35H28BClN2O2/c1-34(2)35(3,21-22-8-6-9-23(18-22)24-16-17-38-32(37)19-24)41-36(40-34)25-14-15-31-29(20-25)28-12-7-11-27-26-10-4-5-13-30(26)39(31)33(27)28/h4-20H,21H2,1-3H3. The van der Waals surface area contributed by atoms with E-state index in [9.17, 15) is 0 Å². The molecule has 0 spiro atoms. The fourth-order valence-electron chi connectivity index (χ4n) is 6.61. The number of pyridine rings is 1. The third kappa shape index (κ3) is 3.73. The lowest BCUT2D eigenvalue weighted by atomic mass is 9.78. The van der Waals surface area contributed by atoms with Gasteiger partial charge >= 0.3 is 7.12 Å². The van der Waals surface area contributed by atoms with E-state index in [0.29, 0.717) is 11.6 Å². The monoisotopic (exact) mass is 554 g/mol. The van der Waals surface area contributed by atoms with Crippen molar-refractivity contribution in [3.05, 3.63) is 114 Å². The summed E-state index contributed by atoms with van der Waals surface area (Å²) in [7, 11) is -0.460. The van der Waals surface area contributed by atoms with Crippen LogP contribution in [0.15, 0.2) is 103 Å². The fourth-order valence-corrected chi connectivity index (χ4v) is 6.79. The number of nitrogens with zero attached hydrogens (tertiary/aromatic N) is 2. The van der Waals surface area contributed by atoms with E-state index < -0.39 is 18.3 Å². The van der Waals surface area contributed by atoms with Crippen LogP contribution < -0.4 is 5.46 Å². The summed E-state index contributed by atoms with van der Waals surface area (Å²) in [6.45, 7) is 6.42. The van der Waals surface area contributed by atoms with Crippen molar-refractivity contribution in [2.24, 2.45) is 0 Å². The van der Waals surface area contributed by atoms with Gasteiger partial charge in [0.25, 0.3) is 0 Å². The molecule has 1 atom stereocenters. The van der Waals surface area contributed by atoms with E-state index >= 15 is 0 Å². The van der Waals surface area contributed by atoms with Crippen molar-refractivity contribution < 1.29 is 9.31 Å². The van der Waals surface area contributed by atoms with Gasteiger partial charge in [-0.15, -0.1) is 0 Å². The topological polar surface area (TPSA) is 35.8 Å². The largest absolute Gasteiger partial charge is 0.494 e. The van der Waals surface area contributed by atoms with Gasteiger partial charge in [0.1, 0.15) is 5.15 Å². The summed E-state index contributed by atoms with van der Waals surface area (Å²) in [5.41, 5.74) is 7.04. The van der Waals surface area contributed by atoms with Crippen LogP contribution in [0.2, 0.25) is 5.15 Å². The zero-order valence-electron chi connectivity index (χ0n) is 23.2. The summed E-state index contributed by atoms with van der Waals surface area (Å²) in [5.74, 6) is 0. The van der Waals surface area contributed by atoms with Crippen LogP contribution in [0.1, 0.15) is 26.3 Å². The summed E-state index contributed by atoms with van der Waals surface area (Å²) in [5, 5.41) is 5.53. The molecule has 4 nitrogen and oxygen atoms in total. The smallest absolute Gasteiger partial charge is 0.399 e. The second kappa shape index (κ2) is 8.80. The van der Waals surface area contributed by atoms with Crippen LogP contribution in [0.5, 0.6) is 0 Å². The van der Waals surface area contributed by atoms with Gasteiger partial charge < -0.3 is 13.7 Å². The molecule has 0 aliphatic carbocycles. The summed E-state index contributed by atoms with van der Waals surface area (Å²) in [6.07, 6.45) is 2.45. The number of para-hydroxylation sites is 2. The molecular formula is C35H28BClN2O2. The molecule has 0 saturated carbocycles. The molecule has 7 aromatic rings. The highest BCUT2D eigenvalue weighted by molar-refractivity contribution is 6.62. The Morgan fingerprint density at radius 3 is 2.32 bits per heavy atom. The maximum Gasteiger partial charge on any atom is 0.494 e. The Morgan fingerprint density at radius 1 is 0.732 bits per heavy atom. The van der Waals surface area contributed by atoms with Crippen LogP contribution in [-0.2, 0) is 15.7 Å². The highest BCUT2D eigenvalue weighted by Gasteiger charge is 2.54. The number of fused-ring (bicyclic) bond motifs is 6. The molecule has 6 heteroatoms. The third-order valence-corrected chi connectivity index (χ3v) is 9.30. The lowest BCUT2D eigenvalue weighted by molar-refractivity contribution is -0.00876. The Morgan fingerprint density at radius 2 is 1.46 bits per heavy atom. The second-order valence-corrected chi connectivity index (χ2v) is 12.3. The highest BCUT2D eigenvalue weighted by atomic mass is 35.5. The van der Waals surface area contributed by atoms with E-state index in [-0.39, 0.29) is 0 Å². The Hall–Kier alpha value is -3.90. The molecule has 41 heavy (non-hydrogen) atoms. The van der Waals surface area contributed by atoms with Crippen molar-refractivity contribution in [2.75, 3.05) is 0 Å². The average Bonchev–Trinajstić information content (AvgIpc) is 3.57. The first-order valence-electron chi connectivity index (χ1n) is 14.0. The summed E-state index contributed by atoms with van der Waals surface area (Å²) in [4.78, 5) is 4.12. The first-order valence-corrected chi connectivity index (χ1v) is 14.4. The Kier molecular flexibility index (Phi) is 5.34. The van der Waals surface area contributed by atoms with Gasteiger partial charge in [-0.05, 0) is 67.2 Å². The highest BCUT2D eigenvalue weighted by Crippen LogP contribution is 2.42. The van der Waals surface area contributed by atoms with Gasteiger partial charge in [-0.2, -0.15) is 0 Å². The Balaban J connectivity index is 1.16. The molecule has 0 N–H and O–H groups in total. The Labute approximate surface area is 244 Å². The molecule has 8 rings (SSSR count). The molecule has 0 bridgehead atoms. The minimum absolute atomic E-state index is 0.460. The van der Waals surface area contributed by atoms with E-state index in [1.54, 1.807) is 6.20 Å². The normalized spacial score (nSPS) is 18.9. The lowest BCUT2D eigenvalue weighted by Crippen LogP contribution is -2.46. The molecule has 1 aliphatic rings. The minimum Gasteiger partial charge on any atom is -0.399 e. The minimum atomic E-state index is -0.535. The van der Waals surface area contributed by atoms with Crippen LogP contribution in [-0.4, -0.2) is 27.7 Å². The summed E-state index contributed by atoms with van der Waals surface area (Å²) >= 11 is 6.16. The number of rotatable bonds is 4.